The van der Waals surface area contributed by atoms with Crippen molar-refractivity contribution in [2.24, 2.45) is 0 Å². The number of aromatic carboxylic acids is 1. The van der Waals surface area contributed by atoms with Crippen LogP contribution in [0.5, 0.6) is 5.75 Å². The van der Waals surface area contributed by atoms with Crippen LogP contribution in [0.1, 0.15) is 21.5 Å². The van der Waals surface area contributed by atoms with E-state index in [2.05, 4.69) is 0 Å². The predicted molar refractivity (Wildman–Crippen MR) is 73.9 cm³/mol. The summed E-state index contributed by atoms with van der Waals surface area (Å²) < 4.78 is 18.8. The van der Waals surface area contributed by atoms with Gasteiger partial charge in [0.25, 0.3) is 0 Å². The van der Waals surface area contributed by atoms with Crippen LogP contribution in [0.3, 0.4) is 0 Å². The molecule has 2 rings (SSSR count). The Kier molecular flexibility index (Phi) is 4.25. The minimum atomic E-state index is -1.02. The van der Waals surface area contributed by atoms with Crippen LogP contribution < -0.4 is 4.74 Å². The van der Waals surface area contributed by atoms with E-state index in [0.717, 1.165) is 5.56 Å². The SMILES string of the molecule is Cc1ccc(C(=O)O)cc1OCc1ccc(Cl)c(F)c1. The molecule has 0 aliphatic heterocycles. The van der Waals surface area contributed by atoms with Crippen molar-refractivity contribution in [1.29, 1.82) is 0 Å². The van der Waals surface area contributed by atoms with Crippen LogP contribution in [0.4, 0.5) is 4.39 Å². The van der Waals surface area contributed by atoms with Gasteiger partial charge in [-0.2, -0.15) is 0 Å². The highest BCUT2D eigenvalue weighted by Crippen LogP contribution is 2.22. The van der Waals surface area contributed by atoms with Gasteiger partial charge in [-0.05, 0) is 42.3 Å². The second-order valence-electron chi connectivity index (χ2n) is 4.32. The van der Waals surface area contributed by atoms with E-state index in [0.29, 0.717) is 11.3 Å². The number of hydrogen-bond donors (Lipinski definition) is 1. The quantitative estimate of drug-likeness (QED) is 0.925. The maximum Gasteiger partial charge on any atom is 0.335 e. The molecule has 0 aliphatic carbocycles. The highest BCUT2D eigenvalue weighted by molar-refractivity contribution is 6.30. The maximum absolute atomic E-state index is 13.3. The number of carboxylic acids is 1. The van der Waals surface area contributed by atoms with Gasteiger partial charge < -0.3 is 9.84 Å². The number of carbonyl (C=O) groups is 1. The lowest BCUT2D eigenvalue weighted by Gasteiger charge is -2.10. The van der Waals surface area contributed by atoms with Crippen LogP contribution in [0.25, 0.3) is 0 Å². The monoisotopic (exact) mass is 294 g/mol. The molecule has 2 aromatic carbocycles. The van der Waals surface area contributed by atoms with Gasteiger partial charge in [0, 0.05) is 0 Å². The molecule has 0 unspecified atom stereocenters. The molecule has 0 radical (unpaired) electrons. The summed E-state index contributed by atoms with van der Waals surface area (Å²) >= 11 is 5.60. The first-order valence-corrected chi connectivity index (χ1v) is 6.26. The van der Waals surface area contributed by atoms with Gasteiger partial charge in [-0.15, -0.1) is 0 Å². The summed E-state index contributed by atoms with van der Waals surface area (Å²) in [7, 11) is 0. The summed E-state index contributed by atoms with van der Waals surface area (Å²) in [5, 5.41) is 8.99. The highest BCUT2D eigenvalue weighted by Gasteiger charge is 2.08. The van der Waals surface area contributed by atoms with Gasteiger partial charge in [-0.25, -0.2) is 9.18 Å². The van der Waals surface area contributed by atoms with E-state index < -0.39 is 11.8 Å². The summed E-state index contributed by atoms with van der Waals surface area (Å²) in [4.78, 5) is 10.9. The smallest absolute Gasteiger partial charge is 0.335 e. The molecule has 0 heterocycles. The van der Waals surface area contributed by atoms with Crippen molar-refractivity contribution in [2.45, 2.75) is 13.5 Å². The zero-order chi connectivity index (χ0) is 14.7. The predicted octanol–water partition coefficient (Wildman–Crippen LogP) is 4.06. The number of ether oxygens (including phenoxy) is 1. The van der Waals surface area contributed by atoms with E-state index in [1.807, 2.05) is 6.92 Å². The molecule has 0 bridgehead atoms. The fourth-order valence-electron chi connectivity index (χ4n) is 1.68. The van der Waals surface area contributed by atoms with Gasteiger partial charge in [0.2, 0.25) is 0 Å². The van der Waals surface area contributed by atoms with E-state index in [4.69, 9.17) is 21.4 Å². The lowest BCUT2D eigenvalue weighted by atomic mass is 10.1. The van der Waals surface area contributed by atoms with Crippen molar-refractivity contribution >= 4 is 17.6 Å². The number of hydrogen-bond acceptors (Lipinski definition) is 2. The fourth-order valence-corrected chi connectivity index (χ4v) is 1.80. The fraction of sp³-hybridized carbons (Fsp3) is 0.133. The van der Waals surface area contributed by atoms with Crippen molar-refractivity contribution in [1.82, 2.24) is 0 Å². The first kappa shape index (κ1) is 14.3. The summed E-state index contributed by atoms with van der Waals surface area (Å²) in [6, 6.07) is 9.02. The zero-order valence-electron chi connectivity index (χ0n) is 10.7. The van der Waals surface area contributed by atoms with E-state index in [-0.39, 0.29) is 17.2 Å². The molecule has 104 valence electrons. The molecule has 5 heteroatoms. The van der Waals surface area contributed by atoms with Gasteiger partial charge in [0.1, 0.15) is 18.2 Å². The van der Waals surface area contributed by atoms with Gasteiger partial charge in [-0.3, -0.25) is 0 Å². The van der Waals surface area contributed by atoms with Gasteiger partial charge in [0.15, 0.2) is 0 Å². The minimum absolute atomic E-state index is 0.0535. The lowest BCUT2D eigenvalue weighted by Crippen LogP contribution is -2.01. The van der Waals surface area contributed by atoms with Crippen LogP contribution in [0, 0.1) is 12.7 Å². The normalized spacial score (nSPS) is 10.3. The van der Waals surface area contributed by atoms with Gasteiger partial charge >= 0.3 is 5.97 Å². The van der Waals surface area contributed by atoms with E-state index in [9.17, 15) is 9.18 Å². The molecule has 1 N–H and O–H groups in total. The molecule has 0 aromatic heterocycles. The van der Waals surface area contributed by atoms with Crippen molar-refractivity contribution in [2.75, 3.05) is 0 Å². The molecule has 0 spiro atoms. The van der Waals surface area contributed by atoms with Gasteiger partial charge in [0.05, 0.1) is 10.6 Å². The molecule has 0 amide bonds. The maximum atomic E-state index is 13.3. The summed E-state index contributed by atoms with van der Waals surface area (Å²) in [5.74, 6) is -1.07. The molecule has 2 aromatic rings. The topological polar surface area (TPSA) is 46.5 Å². The number of aryl methyl sites for hydroxylation is 1. The third kappa shape index (κ3) is 3.27. The van der Waals surface area contributed by atoms with Crippen LogP contribution >= 0.6 is 11.6 Å². The molecule has 0 fully saturated rings. The molecule has 0 atom stereocenters. The molecule has 3 nitrogen and oxygen atoms in total. The van der Waals surface area contributed by atoms with Crippen LogP contribution in [-0.2, 0) is 6.61 Å². The minimum Gasteiger partial charge on any atom is -0.489 e. The summed E-state index contributed by atoms with van der Waals surface area (Å²) in [6.07, 6.45) is 0. The average molecular weight is 295 g/mol. The Morgan fingerprint density at radius 3 is 2.70 bits per heavy atom. The summed E-state index contributed by atoms with van der Waals surface area (Å²) in [5.41, 5.74) is 1.57. The molecule has 0 aliphatic rings. The Morgan fingerprint density at radius 1 is 1.30 bits per heavy atom. The largest absolute Gasteiger partial charge is 0.489 e. The van der Waals surface area contributed by atoms with Crippen molar-refractivity contribution in [3.63, 3.8) is 0 Å². The first-order valence-electron chi connectivity index (χ1n) is 5.88. The summed E-state index contributed by atoms with van der Waals surface area (Å²) in [6.45, 7) is 1.95. The standard InChI is InChI=1S/C15H12ClFO3/c1-9-2-4-11(15(18)19)7-14(9)20-8-10-3-5-12(16)13(17)6-10/h2-7H,8H2,1H3,(H,18,19). The molecular weight excluding hydrogens is 283 g/mol. The van der Waals surface area contributed by atoms with Crippen molar-refractivity contribution in [3.05, 3.63) is 63.9 Å². The third-order valence-corrected chi connectivity index (χ3v) is 3.12. The molecule has 0 saturated heterocycles. The third-order valence-electron chi connectivity index (χ3n) is 2.81. The van der Waals surface area contributed by atoms with Gasteiger partial charge in [-0.1, -0.05) is 23.7 Å². The van der Waals surface area contributed by atoms with Crippen LogP contribution in [0.15, 0.2) is 36.4 Å². The zero-order valence-corrected chi connectivity index (χ0v) is 11.4. The second-order valence-corrected chi connectivity index (χ2v) is 4.73. The van der Waals surface area contributed by atoms with Crippen LogP contribution in [0.2, 0.25) is 5.02 Å². The van der Waals surface area contributed by atoms with E-state index >= 15 is 0 Å². The Bertz CT molecular complexity index is 656. The second kappa shape index (κ2) is 5.92. The number of halogens is 2. The first-order chi connectivity index (χ1) is 9.47. The Labute approximate surface area is 120 Å². The molecular formula is C15H12ClFO3. The van der Waals surface area contributed by atoms with Crippen LogP contribution in [-0.4, -0.2) is 11.1 Å². The Morgan fingerprint density at radius 2 is 2.05 bits per heavy atom. The molecule has 0 saturated carbocycles. The number of benzene rings is 2. The molecule has 20 heavy (non-hydrogen) atoms. The van der Waals surface area contributed by atoms with Crippen molar-refractivity contribution in [3.8, 4) is 5.75 Å². The van der Waals surface area contributed by atoms with Crippen molar-refractivity contribution < 1.29 is 19.0 Å². The van der Waals surface area contributed by atoms with E-state index in [1.54, 1.807) is 12.1 Å². The Hall–Kier alpha value is -2.07. The average Bonchev–Trinajstić information content (AvgIpc) is 2.41. The number of carboxylic acid groups (broad SMARTS) is 1. The lowest BCUT2D eigenvalue weighted by molar-refractivity contribution is 0.0696. The Balaban J connectivity index is 2.15. The number of rotatable bonds is 4. The van der Waals surface area contributed by atoms with E-state index in [1.165, 1.54) is 24.3 Å². The highest BCUT2D eigenvalue weighted by atomic mass is 35.5.